The van der Waals surface area contributed by atoms with Crippen molar-refractivity contribution in [3.05, 3.63) is 66.2 Å². The van der Waals surface area contributed by atoms with E-state index in [1.165, 1.54) is 0 Å². The van der Waals surface area contributed by atoms with Crippen molar-refractivity contribution in [2.75, 3.05) is 36.8 Å². The number of ketones is 1. The predicted molar refractivity (Wildman–Crippen MR) is 134 cm³/mol. The van der Waals surface area contributed by atoms with Gasteiger partial charge in [0.15, 0.2) is 0 Å². The fraction of sp³-hybridized carbons (Fsp3) is 0.346. The summed E-state index contributed by atoms with van der Waals surface area (Å²) in [7, 11) is 0. The SMILES string of the molecule is CC(C)(C)OC(=O)N1CCCN(c2cccc(C(=O)c3cc(-c4cccnc4)cnc3N)n2)CC1. The number of nitrogens with two attached hydrogens (primary N) is 1. The Bertz CT molecular complexity index is 1210. The van der Waals surface area contributed by atoms with Crippen LogP contribution in [0.5, 0.6) is 0 Å². The highest BCUT2D eigenvalue weighted by Crippen LogP contribution is 2.24. The molecule has 0 bridgehead atoms. The van der Waals surface area contributed by atoms with Crippen molar-refractivity contribution in [2.45, 2.75) is 32.8 Å². The maximum absolute atomic E-state index is 13.3. The Morgan fingerprint density at radius 3 is 2.57 bits per heavy atom. The van der Waals surface area contributed by atoms with E-state index < -0.39 is 5.60 Å². The number of pyridine rings is 3. The van der Waals surface area contributed by atoms with Crippen molar-refractivity contribution in [1.29, 1.82) is 0 Å². The summed E-state index contributed by atoms with van der Waals surface area (Å²) in [6.45, 7) is 7.99. The number of rotatable bonds is 4. The lowest BCUT2D eigenvalue weighted by Crippen LogP contribution is -2.39. The summed E-state index contributed by atoms with van der Waals surface area (Å²) in [5.41, 5.74) is 7.70. The van der Waals surface area contributed by atoms with Gasteiger partial charge in [0.2, 0.25) is 5.78 Å². The zero-order valence-electron chi connectivity index (χ0n) is 20.3. The summed E-state index contributed by atoms with van der Waals surface area (Å²) in [4.78, 5) is 42.6. The van der Waals surface area contributed by atoms with E-state index in [0.29, 0.717) is 37.6 Å². The van der Waals surface area contributed by atoms with Gasteiger partial charge in [-0.15, -0.1) is 0 Å². The number of aromatic nitrogens is 3. The van der Waals surface area contributed by atoms with Crippen LogP contribution in [0.3, 0.4) is 0 Å². The van der Waals surface area contributed by atoms with E-state index in [0.717, 1.165) is 17.5 Å². The molecule has 0 aliphatic carbocycles. The van der Waals surface area contributed by atoms with E-state index in [2.05, 4.69) is 19.9 Å². The Kier molecular flexibility index (Phi) is 6.95. The second-order valence-electron chi connectivity index (χ2n) is 9.42. The molecule has 3 aromatic heterocycles. The molecule has 4 rings (SSSR count). The number of amides is 1. The van der Waals surface area contributed by atoms with Crippen LogP contribution in [0, 0.1) is 0 Å². The topological polar surface area (TPSA) is 115 Å². The molecule has 9 heteroatoms. The number of anilines is 2. The van der Waals surface area contributed by atoms with Gasteiger partial charge in [-0.3, -0.25) is 9.78 Å². The van der Waals surface area contributed by atoms with Crippen LogP contribution in [0.1, 0.15) is 43.2 Å². The van der Waals surface area contributed by atoms with E-state index in [9.17, 15) is 9.59 Å². The van der Waals surface area contributed by atoms with Crippen molar-refractivity contribution in [1.82, 2.24) is 19.9 Å². The molecular weight excluding hydrogens is 444 g/mol. The van der Waals surface area contributed by atoms with Gasteiger partial charge in [-0.25, -0.2) is 14.8 Å². The molecule has 182 valence electrons. The van der Waals surface area contributed by atoms with E-state index in [4.69, 9.17) is 10.5 Å². The first kappa shape index (κ1) is 24.1. The minimum absolute atomic E-state index is 0.151. The highest BCUT2D eigenvalue weighted by Gasteiger charge is 2.25. The smallest absolute Gasteiger partial charge is 0.410 e. The van der Waals surface area contributed by atoms with Crippen LogP contribution in [-0.4, -0.2) is 63.5 Å². The molecule has 0 saturated carbocycles. The molecular formula is C26H30N6O3. The largest absolute Gasteiger partial charge is 0.444 e. The summed E-state index contributed by atoms with van der Waals surface area (Å²) in [5, 5.41) is 0. The van der Waals surface area contributed by atoms with Crippen LogP contribution in [0.15, 0.2) is 55.0 Å². The van der Waals surface area contributed by atoms with Gasteiger partial charge >= 0.3 is 6.09 Å². The van der Waals surface area contributed by atoms with Crippen molar-refractivity contribution >= 4 is 23.5 Å². The Balaban J connectivity index is 1.52. The van der Waals surface area contributed by atoms with Crippen LogP contribution in [-0.2, 0) is 4.74 Å². The van der Waals surface area contributed by atoms with Gasteiger partial charge in [0, 0.05) is 55.9 Å². The molecule has 1 aliphatic heterocycles. The summed E-state index contributed by atoms with van der Waals surface area (Å²) < 4.78 is 5.51. The lowest BCUT2D eigenvalue weighted by Gasteiger charge is -2.26. The lowest BCUT2D eigenvalue weighted by atomic mass is 10.0. The van der Waals surface area contributed by atoms with E-state index in [-0.39, 0.29) is 23.4 Å². The predicted octanol–water partition coefficient (Wildman–Crippen LogP) is 3.80. The van der Waals surface area contributed by atoms with Gasteiger partial charge in [0.1, 0.15) is 22.9 Å². The van der Waals surface area contributed by atoms with Crippen LogP contribution >= 0.6 is 0 Å². The first-order valence-corrected chi connectivity index (χ1v) is 11.6. The van der Waals surface area contributed by atoms with Crippen molar-refractivity contribution in [3.8, 4) is 11.1 Å². The lowest BCUT2D eigenvalue weighted by molar-refractivity contribution is 0.0263. The third-order valence-corrected chi connectivity index (χ3v) is 5.60. The molecule has 0 aromatic carbocycles. The third-order valence-electron chi connectivity index (χ3n) is 5.60. The summed E-state index contributed by atoms with van der Waals surface area (Å²) in [6, 6.07) is 10.8. The molecule has 4 heterocycles. The second-order valence-corrected chi connectivity index (χ2v) is 9.42. The second kappa shape index (κ2) is 10.1. The number of hydrogen-bond donors (Lipinski definition) is 1. The number of nitrogens with zero attached hydrogens (tertiary/aromatic N) is 5. The maximum atomic E-state index is 13.3. The number of nitrogen functional groups attached to an aromatic ring is 1. The van der Waals surface area contributed by atoms with Gasteiger partial charge in [-0.2, -0.15) is 0 Å². The zero-order chi connectivity index (χ0) is 25.0. The third kappa shape index (κ3) is 5.92. The number of carbonyl (C=O) groups is 2. The van der Waals surface area contributed by atoms with Crippen molar-refractivity contribution < 1.29 is 14.3 Å². The van der Waals surface area contributed by atoms with Crippen molar-refractivity contribution in [3.63, 3.8) is 0 Å². The molecule has 0 atom stereocenters. The first-order chi connectivity index (χ1) is 16.7. The Morgan fingerprint density at radius 2 is 1.83 bits per heavy atom. The average Bonchev–Trinajstić information content (AvgIpc) is 3.10. The van der Waals surface area contributed by atoms with Gasteiger partial charge in [0.25, 0.3) is 0 Å². The molecule has 1 saturated heterocycles. The molecule has 2 N–H and O–H groups in total. The summed E-state index contributed by atoms with van der Waals surface area (Å²) in [5.74, 6) is 0.530. The molecule has 0 unspecified atom stereocenters. The first-order valence-electron chi connectivity index (χ1n) is 11.6. The van der Waals surface area contributed by atoms with Crippen LogP contribution in [0.25, 0.3) is 11.1 Å². The summed E-state index contributed by atoms with van der Waals surface area (Å²) in [6.07, 6.45) is 5.47. The molecule has 9 nitrogen and oxygen atoms in total. The number of ether oxygens (including phenoxy) is 1. The number of hydrogen-bond acceptors (Lipinski definition) is 8. The quantitative estimate of drug-likeness (QED) is 0.568. The molecule has 3 aromatic rings. The van der Waals surface area contributed by atoms with E-state index in [1.54, 1.807) is 41.7 Å². The highest BCUT2D eigenvalue weighted by atomic mass is 16.6. The molecule has 0 radical (unpaired) electrons. The minimum Gasteiger partial charge on any atom is -0.444 e. The monoisotopic (exact) mass is 474 g/mol. The van der Waals surface area contributed by atoms with Gasteiger partial charge in [0.05, 0.1) is 5.56 Å². The Morgan fingerprint density at radius 1 is 1.00 bits per heavy atom. The molecule has 0 spiro atoms. The maximum Gasteiger partial charge on any atom is 0.410 e. The Labute approximate surface area is 205 Å². The normalized spacial score (nSPS) is 14.4. The minimum atomic E-state index is -0.537. The van der Waals surface area contributed by atoms with Gasteiger partial charge in [-0.05, 0) is 51.5 Å². The molecule has 35 heavy (non-hydrogen) atoms. The standard InChI is InChI=1S/C26H30N6O3/c1-26(2,3)35-25(34)32-12-6-11-31(13-14-32)22-9-4-8-21(30-22)23(33)20-15-19(17-29-24(20)27)18-7-5-10-28-16-18/h4-5,7-10,15-17H,6,11-14H2,1-3H3,(H2,27,29). The van der Waals surface area contributed by atoms with Gasteiger partial charge in [-0.1, -0.05) is 12.1 Å². The fourth-order valence-corrected chi connectivity index (χ4v) is 3.87. The molecule has 1 aliphatic rings. The molecule has 1 fully saturated rings. The van der Waals surface area contributed by atoms with Crippen LogP contribution in [0.4, 0.5) is 16.4 Å². The highest BCUT2D eigenvalue weighted by molar-refractivity contribution is 6.11. The number of carbonyl (C=O) groups excluding carboxylic acids is 2. The zero-order valence-corrected chi connectivity index (χ0v) is 20.3. The summed E-state index contributed by atoms with van der Waals surface area (Å²) >= 11 is 0. The average molecular weight is 475 g/mol. The van der Waals surface area contributed by atoms with E-state index in [1.807, 2.05) is 39.0 Å². The van der Waals surface area contributed by atoms with Gasteiger partial charge < -0.3 is 20.3 Å². The van der Waals surface area contributed by atoms with E-state index >= 15 is 0 Å². The van der Waals surface area contributed by atoms with Crippen LogP contribution in [0.2, 0.25) is 0 Å². The molecule has 1 amide bonds. The Hall–Kier alpha value is -4.01. The fourth-order valence-electron chi connectivity index (χ4n) is 3.87. The van der Waals surface area contributed by atoms with Crippen molar-refractivity contribution in [2.24, 2.45) is 0 Å². The van der Waals surface area contributed by atoms with Crippen LogP contribution < -0.4 is 10.6 Å².